The molecule has 0 saturated heterocycles. The van der Waals surface area contributed by atoms with E-state index in [2.05, 4.69) is 42.2 Å². The molecule has 0 aromatic heterocycles. The number of nitrogens with two attached hydrogens (primary N) is 2. The minimum atomic E-state index is -0.748. The second kappa shape index (κ2) is 5.13. The molecular weight excluding hydrogens is 328 g/mol. The molecule has 0 unspecified atom stereocenters. The van der Waals surface area contributed by atoms with Gasteiger partial charge in [0, 0.05) is 4.47 Å². The van der Waals surface area contributed by atoms with E-state index in [4.69, 9.17) is 11.5 Å². The van der Waals surface area contributed by atoms with Crippen LogP contribution < -0.4 is 16.8 Å². The van der Waals surface area contributed by atoms with E-state index >= 15 is 0 Å². The van der Waals surface area contributed by atoms with E-state index in [0.717, 1.165) is 8.95 Å². The van der Waals surface area contributed by atoms with Crippen molar-refractivity contribution in [3.63, 3.8) is 0 Å². The Morgan fingerprint density at radius 2 is 2.00 bits per heavy atom. The molecule has 7 heteroatoms. The normalized spacial score (nSPS) is 11.2. The fourth-order valence-electron chi connectivity index (χ4n) is 0.863. The van der Waals surface area contributed by atoms with Gasteiger partial charge in [-0.15, -0.1) is 0 Å². The number of benzene rings is 1. The number of hydrogen-bond acceptors (Lipinski definition) is 2. The highest BCUT2D eigenvalue weighted by Gasteiger charge is 2.03. The van der Waals surface area contributed by atoms with Crippen molar-refractivity contribution < 1.29 is 4.79 Å². The lowest BCUT2D eigenvalue weighted by molar-refractivity contribution is 0.253. The van der Waals surface area contributed by atoms with Crippen molar-refractivity contribution >= 4 is 49.5 Å². The van der Waals surface area contributed by atoms with Crippen LogP contribution in [0.5, 0.6) is 0 Å². The Morgan fingerprint density at radius 3 is 2.60 bits per heavy atom. The van der Waals surface area contributed by atoms with Crippen molar-refractivity contribution in [1.29, 1.82) is 0 Å². The molecular formula is C8H8Br2N4O. The molecule has 1 rings (SSSR count). The number of nitrogens with zero attached hydrogens (tertiary/aromatic N) is 1. The molecule has 0 saturated carbocycles. The molecule has 1 aromatic carbocycles. The summed E-state index contributed by atoms with van der Waals surface area (Å²) in [6.07, 6.45) is 0. The lowest BCUT2D eigenvalue weighted by Crippen LogP contribution is -2.39. The molecule has 0 bridgehead atoms. The van der Waals surface area contributed by atoms with Crippen LogP contribution in [-0.4, -0.2) is 12.0 Å². The molecule has 2 amide bonds. The Labute approximate surface area is 103 Å². The number of hydrogen-bond donors (Lipinski definition) is 3. The SMILES string of the molecule is NC(=O)NC(N)=Nc1cccc(Br)c1Br. The van der Waals surface area contributed by atoms with Crippen molar-refractivity contribution in [2.75, 3.05) is 0 Å². The summed E-state index contributed by atoms with van der Waals surface area (Å²) in [4.78, 5) is 14.4. The van der Waals surface area contributed by atoms with Gasteiger partial charge in [-0.05, 0) is 44.0 Å². The monoisotopic (exact) mass is 334 g/mol. The van der Waals surface area contributed by atoms with Crippen molar-refractivity contribution in [2.45, 2.75) is 0 Å². The molecule has 0 aliphatic rings. The van der Waals surface area contributed by atoms with E-state index in [1.807, 2.05) is 6.07 Å². The first-order valence-corrected chi connectivity index (χ1v) is 5.44. The van der Waals surface area contributed by atoms with Gasteiger partial charge in [-0.2, -0.15) is 0 Å². The fourth-order valence-corrected chi connectivity index (χ4v) is 1.57. The van der Waals surface area contributed by atoms with Crippen LogP contribution in [0.25, 0.3) is 0 Å². The molecule has 0 radical (unpaired) electrons. The molecule has 0 spiro atoms. The van der Waals surface area contributed by atoms with E-state index in [1.165, 1.54) is 0 Å². The molecule has 80 valence electrons. The van der Waals surface area contributed by atoms with E-state index < -0.39 is 6.03 Å². The zero-order valence-corrected chi connectivity index (χ0v) is 10.7. The van der Waals surface area contributed by atoms with E-state index in [0.29, 0.717) is 5.69 Å². The summed E-state index contributed by atoms with van der Waals surface area (Å²) in [6, 6.07) is 4.64. The Kier molecular flexibility index (Phi) is 4.10. The molecule has 0 aliphatic carbocycles. The minimum Gasteiger partial charge on any atom is -0.369 e. The van der Waals surface area contributed by atoms with Gasteiger partial charge in [-0.25, -0.2) is 9.79 Å². The highest BCUT2D eigenvalue weighted by atomic mass is 79.9. The summed E-state index contributed by atoms with van der Waals surface area (Å²) in [5.74, 6) is -0.0544. The van der Waals surface area contributed by atoms with Crippen molar-refractivity contribution in [3.8, 4) is 0 Å². The average molecular weight is 336 g/mol. The minimum absolute atomic E-state index is 0.0544. The predicted octanol–water partition coefficient (Wildman–Crippen LogP) is 1.83. The Bertz CT molecular complexity index is 419. The maximum atomic E-state index is 10.5. The largest absolute Gasteiger partial charge is 0.369 e. The molecule has 1 aromatic rings. The van der Waals surface area contributed by atoms with Gasteiger partial charge >= 0.3 is 6.03 Å². The van der Waals surface area contributed by atoms with Gasteiger partial charge in [0.25, 0.3) is 0 Å². The number of nitrogens with one attached hydrogen (secondary N) is 1. The molecule has 0 heterocycles. The second-order valence-electron chi connectivity index (χ2n) is 2.56. The summed E-state index contributed by atoms with van der Waals surface area (Å²) in [5.41, 5.74) is 10.9. The zero-order chi connectivity index (χ0) is 11.4. The highest BCUT2D eigenvalue weighted by molar-refractivity contribution is 9.13. The van der Waals surface area contributed by atoms with Gasteiger partial charge in [0.2, 0.25) is 5.96 Å². The predicted molar refractivity (Wildman–Crippen MR) is 65.8 cm³/mol. The molecule has 15 heavy (non-hydrogen) atoms. The number of guanidine groups is 1. The number of halogens is 2. The van der Waals surface area contributed by atoms with Crippen LogP contribution >= 0.6 is 31.9 Å². The van der Waals surface area contributed by atoms with Gasteiger partial charge in [-0.3, -0.25) is 5.32 Å². The smallest absolute Gasteiger partial charge is 0.318 e. The third-order valence-electron chi connectivity index (χ3n) is 1.42. The van der Waals surface area contributed by atoms with Crippen LogP contribution in [0.1, 0.15) is 0 Å². The third kappa shape index (κ3) is 3.52. The van der Waals surface area contributed by atoms with Crippen molar-refractivity contribution in [2.24, 2.45) is 16.5 Å². The summed E-state index contributed by atoms with van der Waals surface area (Å²) >= 11 is 6.64. The quantitative estimate of drug-likeness (QED) is 0.539. The van der Waals surface area contributed by atoms with Crippen LogP contribution in [-0.2, 0) is 0 Å². The maximum Gasteiger partial charge on any atom is 0.318 e. The molecule has 0 atom stereocenters. The molecule has 0 fully saturated rings. The number of primary amides is 1. The number of amides is 2. The number of rotatable bonds is 1. The Morgan fingerprint density at radius 1 is 1.33 bits per heavy atom. The lowest BCUT2D eigenvalue weighted by Gasteiger charge is -2.03. The van der Waals surface area contributed by atoms with Crippen LogP contribution in [0.15, 0.2) is 32.1 Å². The fraction of sp³-hybridized carbons (Fsp3) is 0. The molecule has 0 aliphatic heterocycles. The highest BCUT2D eigenvalue weighted by Crippen LogP contribution is 2.32. The average Bonchev–Trinajstić information content (AvgIpc) is 2.11. The van der Waals surface area contributed by atoms with Crippen molar-refractivity contribution in [1.82, 2.24) is 5.32 Å². The van der Waals surface area contributed by atoms with E-state index in [-0.39, 0.29) is 5.96 Å². The second-order valence-corrected chi connectivity index (χ2v) is 4.21. The van der Waals surface area contributed by atoms with Gasteiger partial charge < -0.3 is 11.5 Å². The van der Waals surface area contributed by atoms with Crippen LogP contribution in [0.2, 0.25) is 0 Å². The molecule has 5 N–H and O–H groups in total. The summed E-state index contributed by atoms with van der Waals surface area (Å²) in [6.45, 7) is 0. The third-order valence-corrected chi connectivity index (χ3v) is 3.45. The number of carbonyl (C=O) groups excluding carboxylic acids is 1. The van der Waals surface area contributed by atoms with Gasteiger partial charge in [-0.1, -0.05) is 6.07 Å². The molecule has 5 nitrogen and oxygen atoms in total. The summed E-state index contributed by atoms with van der Waals surface area (Å²) in [7, 11) is 0. The summed E-state index contributed by atoms with van der Waals surface area (Å²) in [5, 5.41) is 2.17. The van der Waals surface area contributed by atoms with Crippen molar-refractivity contribution in [3.05, 3.63) is 27.1 Å². The summed E-state index contributed by atoms with van der Waals surface area (Å²) < 4.78 is 1.59. The van der Waals surface area contributed by atoms with Crippen LogP contribution in [0, 0.1) is 0 Å². The number of aliphatic imine (C=N–C) groups is 1. The van der Waals surface area contributed by atoms with E-state index in [1.54, 1.807) is 12.1 Å². The zero-order valence-electron chi connectivity index (χ0n) is 7.50. The Balaban J connectivity index is 2.97. The van der Waals surface area contributed by atoms with Gasteiger partial charge in [0.1, 0.15) is 0 Å². The van der Waals surface area contributed by atoms with Crippen LogP contribution in [0.3, 0.4) is 0 Å². The lowest BCUT2D eigenvalue weighted by atomic mass is 10.3. The first-order valence-electron chi connectivity index (χ1n) is 3.85. The Hall–Kier alpha value is -1.08. The van der Waals surface area contributed by atoms with Gasteiger partial charge in [0.15, 0.2) is 0 Å². The van der Waals surface area contributed by atoms with Crippen LogP contribution in [0.4, 0.5) is 10.5 Å². The first kappa shape index (κ1) is 12.0. The standard InChI is InChI=1S/C8H8Br2N4O/c9-4-2-1-3-5(6(4)10)13-7(11)14-8(12)15/h1-3H,(H5,11,12,13,14,15). The topological polar surface area (TPSA) is 93.5 Å². The first-order chi connectivity index (χ1) is 7.00. The van der Waals surface area contributed by atoms with Gasteiger partial charge in [0.05, 0.1) is 10.2 Å². The number of carbonyl (C=O) groups is 1. The number of urea groups is 1. The van der Waals surface area contributed by atoms with E-state index in [9.17, 15) is 4.79 Å². The maximum absolute atomic E-state index is 10.5.